The van der Waals surface area contributed by atoms with Crippen LogP contribution in [-0.4, -0.2) is 36.2 Å². The summed E-state index contributed by atoms with van der Waals surface area (Å²) in [5.74, 6) is 2.04. The predicted octanol–water partition coefficient (Wildman–Crippen LogP) is 3.09. The topological polar surface area (TPSA) is 37.6 Å². The van der Waals surface area contributed by atoms with E-state index >= 15 is 0 Å². The molecule has 1 fully saturated rings. The first-order valence-corrected chi connectivity index (χ1v) is 7.91. The van der Waals surface area contributed by atoms with E-state index in [0.29, 0.717) is 12.1 Å². The van der Waals surface area contributed by atoms with Crippen molar-refractivity contribution in [1.29, 1.82) is 0 Å². The summed E-state index contributed by atoms with van der Waals surface area (Å²) >= 11 is 0. The molecule has 2 heterocycles. The Kier molecular flexibility index (Phi) is 5.12. The number of nitrogens with one attached hydrogen (secondary N) is 1. The molecule has 1 aromatic heterocycles. The number of rotatable bonds is 5. The molecule has 2 rings (SSSR count). The van der Waals surface area contributed by atoms with Crippen LogP contribution in [0.25, 0.3) is 0 Å². The SMILES string of the molecule is Cc1oc(CNC(C)(C)C)cc1CN(C)C1CCOC1C. The number of hydrogen-bond donors (Lipinski definition) is 1. The zero-order valence-corrected chi connectivity index (χ0v) is 14.3. The fraction of sp³-hybridized carbons (Fsp3) is 0.765. The summed E-state index contributed by atoms with van der Waals surface area (Å²) in [7, 11) is 2.18. The highest BCUT2D eigenvalue weighted by atomic mass is 16.5. The highest BCUT2D eigenvalue weighted by molar-refractivity contribution is 5.21. The largest absolute Gasteiger partial charge is 0.465 e. The van der Waals surface area contributed by atoms with Crippen molar-refractivity contribution in [2.45, 2.75) is 71.8 Å². The third kappa shape index (κ3) is 4.56. The fourth-order valence-electron chi connectivity index (χ4n) is 2.87. The average Bonchev–Trinajstić information content (AvgIpc) is 2.93. The van der Waals surface area contributed by atoms with E-state index in [1.807, 2.05) is 0 Å². The molecule has 21 heavy (non-hydrogen) atoms. The maximum Gasteiger partial charge on any atom is 0.118 e. The van der Waals surface area contributed by atoms with Gasteiger partial charge in [-0.15, -0.1) is 0 Å². The van der Waals surface area contributed by atoms with E-state index in [4.69, 9.17) is 9.15 Å². The lowest BCUT2D eigenvalue weighted by molar-refractivity contribution is 0.0813. The minimum absolute atomic E-state index is 0.105. The Labute approximate surface area is 128 Å². The van der Waals surface area contributed by atoms with E-state index in [-0.39, 0.29) is 5.54 Å². The maximum atomic E-state index is 5.88. The van der Waals surface area contributed by atoms with Gasteiger partial charge in [-0.2, -0.15) is 0 Å². The normalized spacial score (nSPS) is 23.2. The Hall–Kier alpha value is -0.840. The third-order valence-electron chi connectivity index (χ3n) is 4.19. The first-order chi connectivity index (χ1) is 9.76. The molecule has 120 valence electrons. The van der Waals surface area contributed by atoms with E-state index in [2.05, 4.69) is 57.9 Å². The molecule has 1 aliphatic rings. The number of hydrogen-bond acceptors (Lipinski definition) is 4. The fourth-order valence-corrected chi connectivity index (χ4v) is 2.87. The van der Waals surface area contributed by atoms with Gasteiger partial charge in [-0.3, -0.25) is 4.90 Å². The van der Waals surface area contributed by atoms with Gasteiger partial charge in [0.15, 0.2) is 0 Å². The summed E-state index contributed by atoms with van der Waals surface area (Å²) in [6.45, 7) is 13.3. The highest BCUT2D eigenvalue weighted by Gasteiger charge is 2.28. The predicted molar refractivity (Wildman–Crippen MR) is 85.3 cm³/mol. The summed E-state index contributed by atoms with van der Waals surface area (Å²) in [5.41, 5.74) is 1.39. The molecule has 2 atom stereocenters. The van der Waals surface area contributed by atoms with Crippen LogP contribution in [0.4, 0.5) is 0 Å². The van der Waals surface area contributed by atoms with Crippen molar-refractivity contribution in [3.8, 4) is 0 Å². The van der Waals surface area contributed by atoms with Gasteiger partial charge in [-0.25, -0.2) is 0 Å². The van der Waals surface area contributed by atoms with E-state index in [1.165, 1.54) is 5.56 Å². The Balaban J connectivity index is 1.95. The van der Waals surface area contributed by atoms with Crippen molar-refractivity contribution in [2.75, 3.05) is 13.7 Å². The molecular formula is C17H30N2O2. The highest BCUT2D eigenvalue weighted by Crippen LogP contribution is 2.23. The second-order valence-corrected chi connectivity index (χ2v) is 7.24. The molecule has 0 radical (unpaired) electrons. The quantitative estimate of drug-likeness (QED) is 0.905. The molecule has 1 N–H and O–H groups in total. The number of nitrogens with zero attached hydrogens (tertiary/aromatic N) is 1. The van der Waals surface area contributed by atoms with Gasteiger partial charge in [0, 0.05) is 30.3 Å². The van der Waals surface area contributed by atoms with Crippen LogP contribution in [0.15, 0.2) is 10.5 Å². The maximum absolute atomic E-state index is 5.88. The molecule has 2 unspecified atom stereocenters. The molecule has 0 spiro atoms. The molecule has 0 amide bonds. The molecule has 4 heteroatoms. The molecule has 0 aliphatic carbocycles. The second kappa shape index (κ2) is 6.51. The molecular weight excluding hydrogens is 264 g/mol. The minimum atomic E-state index is 0.105. The van der Waals surface area contributed by atoms with Crippen molar-refractivity contribution >= 4 is 0 Å². The summed E-state index contributed by atoms with van der Waals surface area (Å²) in [6, 6.07) is 2.70. The summed E-state index contributed by atoms with van der Waals surface area (Å²) < 4.78 is 11.5. The lowest BCUT2D eigenvalue weighted by Crippen LogP contribution is -2.36. The van der Waals surface area contributed by atoms with Crippen LogP contribution in [0.3, 0.4) is 0 Å². The molecule has 1 saturated heterocycles. The van der Waals surface area contributed by atoms with Gasteiger partial charge in [-0.1, -0.05) is 0 Å². The summed E-state index contributed by atoms with van der Waals surface area (Å²) in [6.07, 6.45) is 1.44. The van der Waals surface area contributed by atoms with Gasteiger partial charge in [0.25, 0.3) is 0 Å². The van der Waals surface area contributed by atoms with Crippen LogP contribution in [0.1, 0.15) is 51.2 Å². The zero-order valence-electron chi connectivity index (χ0n) is 14.3. The number of ether oxygens (including phenoxy) is 1. The van der Waals surface area contributed by atoms with E-state index in [9.17, 15) is 0 Å². The van der Waals surface area contributed by atoms with Crippen molar-refractivity contribution < 1.29 is 9.15 Å². The van der Waals surface area contributed by atoms with Gasteiger partial charge in [0.05, 0.1) is 12.6 Å². The summed E-state index contributed by atoms with van der Waals surface area (Å²) in [4.78, 5) is 2.39. The van der Waals surface area contributed by atoms with Crippen LogP contribution in [0.5, 0.6) is 0 Å². The average molecular weight is 294 g/mol. The number of furan rings is 1. The van der Waals surface area contributed by atoms with Crippen LogP contribution in [-0.2, 0) is 17.8 Å². The van der Waals surface area contributed by atoms with Crippen LogP contribution in [0.2, 0.25) is 0 Å². The Morgan fingerprint density at radius 1 is 1.38 bits per heavy atom. The zero-order chi connectivity index (χ0) is 15.6. The Morgan fingerprint density at radius 2 is 2.10 bits per heavy atom. The third-order valence-corrected chi connectivity index (χ3v) is 4.19. The summed E-state index contributed by atoms with van der Waals surface area (Å²) in [5, 5.41) is 3.47. The smallest absolute Gasteiger partial charge is 0.118 e. The standard InChI is InChI=1S/C17H30N2O2/c1-12-14(9-15(21-12)10-18-17(3,4)5)11-19(6)16-7-8-20-13(16)2/h9,13,16,18H,7-8,10-11H2,1-6H3. The lowest BCUT2D eigenvalue weighted by Gasteiger charge is -2.26. The Morgan fingerprint density at radius 3 is 2.67 bits per heavy atom. The van der Waals surface area contributed by atoms with E-state index < -0.39 is 0 Å². The molecule has 0 saturated carbocycles. The van der Waals surface area contributed by atoms with Gasteiger partial charge < -0.3 is 14.5 Å². The van der Waals surface area contributed by atoms with Crippen molar-refractivity contribution in [2.24, 2.45) is 0 Å². The van der Waals surface area contributed by atoms with Crippen LogP contribution >= 0.6 is 0 Å². The first-order valence-electron chi connectivity index (χ1n) is 7.91. The van der Waals surface area contributed by atoms with E-state index in [0.717, 1.165) is 37.6 Å². The van der Waals surface area contributed by atoms with E-state index in [1.54, 1.807) is 0 Å². The van der Waals surface area contributed by atoms with Gasteiger partial charge in [-0.05, 0) is 54.2 Å². The Bertz CT molecular complexity index is 462. The monoisotopic (exact) mass is 294 g/mol. The van der Waals surface area contributed by atoms with Gasteiger partial charge in [0.2, 0.25) is 0 Å². The molecule has 1 aromatic rings. The van der Waals surface area contributed by atoms with Crippen molar-refractivity contribution in [3.05, 3.63) is 23.2 Å². The first kappa shape index (κ1) is 16.5. The van der Waals surface area contributed by atoms with Crippen LogP contribution in [0, 0.1) is 6.92 Å². The molecule has 1 aliphatic heterocycles. The molecule has 4 nitrogen and oxygen atoms in total. The number of aryl methyl sites for hydroxylation is 1. The molecule has 0 aromatic carbocycles. The van der Waals surface area contributed by atoms with Gasteiger partial charge >= 0.3 is 0 Å². The second-order valence-electron chi connectivity index (χ2n) is 7.24. The molecule has 0 bridgehead atoms. The lowest BCUT2D eigenvalue weighted by atomic mass is 10.1. The minimum Gasteiger partial charge on any atom is -0.465 e. The van der Waals surface area contributed by atoms with Crippen molar-refractivity contribution in [3.63, 3.8) is 0 Å². The van der Waals surface area contributed by atoms with Crippen molar-refractivity contribution in [1.82, 2.24) is 10.2 Å². The van der Waals surface area contributed by atoms with Gasteiger partial charge in [0.1, 0.15) is 11.5 Å². The number of likely N-dealkylation sites (N-methyl/N-ethyl adjacent to an activating group) is 1. The van der Waals surface area contributed by atoms with Crippen LogP contribution < -0.4 is 5.32 Å².